The summed E-state index contributed by atoms with van der Waals surface area (Å²) in [5, 5.41) is 10.4. The number of hydrogen-bond acceptors (Lipinski definition) is 6. The number of nitrogens with one attached hydrogen (secondary N) is 2. The number of amides is 1. The number of carbonyl (C=O) groups excluding carboxylic acids is 1. The summed E-state index contributed by atoms with van der Waals surface area (Å²) in [6, 6.07) is 16.9. The number of aryl methyl sites for hydroxylation is 2. The summed E-state index contributed by atoms with van der Waals surface area (Å²) < 4.78 is 6.95. The second-order valence-corrected chi connectivity index (χ2v) is 7.34. The van der Waals surface area contributed by atoms with Crippen LogP contribution >= 0.6 is 0 Å². The highest BCUT2D eigenvalue weighted by atomic mass is 16.5. The lowest BCUT2D eigenvalue weighted by molar-refractivity contribution is -0.115. The van der Waals surface area contributed by atoms with Crippen molar-refractivity contribution in [2.45, 2.75) is 20.3 Å². The van der Waals surface area contributed by atoms with Crippen molar-refractivity contribution in [1.29, 1.82) is 0 Å². The molecule has 0 atom stereocenters. The van der Waals surface area contributed by atoms with Crippen molar-refractivity contribution in [3.63, 3.8) is 0 Å². The SMILES string of the molecule is COc1ccc(CC(=O)Nc2ccc(Nc3cc(-n4cccn4)nc(C)n3)cc2)cc1C. The zero-order valence-electron chi connectivity index (χ0n) is 18.2. The van der Waals surface area contributed by atoms with Gasteiger partial charge in [0, 0.05) is 29.8 Å². The lowest BCUT2D eigenvalue weighted by atomic mass is 10.1. The van der Waals surface area contributed by atoms with Gasteiger partial charge in [-0.15, -0.1) is 0 Å². The molecule has 2 aromatic carbocycles. The highest BCUT2D eigenvalue weighted by molar-refractivity contribution is 5.92. The summed E-state index contributed by atoms with van der Waals surface area (Å²) in [6.07, 6.45) is 3.82. The van der Waals surface area contributed by atoms with Crippen molar-refractivity contribution >= 4 is 23.1 Å². The van der Waals surface area contributed by atoms with Crippen LogP contribution < -0.4 is 15.4 Å². The number of methoxy groups -OCH3 is 1. The highest BCUT2D eigenvalue weighted by Gasteiger charge is 2.08. The standard InChI is InChI=1S/C24H24N6O2/c1-16-13-18(5-10-21(16)32-3)14-24(31)29-20-8-6-19(7-9-20)28-22-15-23(27-17(2)26-22)30-12-4-11-25-30/h4-13,15H,14H2,1-3H3,(H,29,31)(H,26,27,28). The van der Waals surface area contributed by atoms with Gasteiger partial charge in [-0.2, -0.15) is 5.10 Å². The van der Waals surface area contributed by atoms with E-state index in [2.05, 4.69) is 25.7 Å². The van der Waals surface area contributed by atoms with E-state index in [9.17, 15) is 4.79 Å². The van der Waals surface area contributed by atoms with Crippen molar-refractivity contribution in [1.82, 2.24) is 19.7 Å². The number of aromatic nitrogens is 4. The molecular weight excluding hydrogens is 404 g/mol. The fraction of sp³-hybridized carbons (Fsp3) is 0.167. The largest absolute Gasteiger partial charge is 0.496 e. The van der Waals surface area contributed by atoms with Gasteiger partial charge in [-0.1, -0.05) is 12.1 Å². The van der Waals surface area contributed by atoms with Gasteiger partial charge in [0.15, 0.2) is 5.82 Å². The summed E-state index contributed by atoms with van der Waals surface area (Å²) in [5.41, 5.74) is 3.51. The maximum Gasteiger partial charge on any atom is 0.228 e. The number of hydrogen-bond donors (Lipinski definition) is 2. The third-order valence-electron chi connectivity index (χ3n) is 4.83. The molecule has 32 heavy (non-hydrogen) atoms. The van der Waals surface area contributed by atoms with Gasteiger partial charge in [0.1, 0.15) is 17.4 Å². The average Bonchev–Trinajstić information content (AvgIpc) is 3.30. The molecule has 8 nitrogen and oxygen atoms in total. The third kappa shape index (κ3) is 5.10. The Labute approximate surface area is 186 Å². The van der Waals surface area contributed by atoms with E-state index in [1.165, 1.54) is 0 Å². The van der Waals surface area contributed by atoms with Crippen LogP contribution in [0, 0.1) is 13.8 Å². The zero-order chi connectivity index (χ0) is 22.5. The van der Waals surface area contributed by atoms with Crippen LogP contribution in [0.5, 0.6) is 5.75 Å². The molecule has 0 unspecified atom stereocenters. The van der Waals surface area contributed by atoms with Gasteiger partial charge in [-0.3, -0.25) is 4.79 Å². The van der Waals surface area contributed by atoms with Crippen molar-refractivity contribution in [2.75, 3.05) is 17.7 Å². The van der Waals surface area contributed by atoms with Crippen LogP contribution in [-0.4, -0.2) is 32.8 Å². The normalized spacial score (nSPS) is 10.6. The molecule has 0 fully saturated rings. The van der Waals surface area contributed by atoms with Gasteiger partial charge < -0.3 is 15.4 Å². The number of ether oxygens (including phenoxy) is 1. The predicted molar refractivity (Wildman–Crippen MR) is 124 cm³/mol. The fourth-order valence-electron chi connectivity index (χ4n) is 3.36. The maximum atomic E-state index is 12.4. The van der Waals surface area contributed by atoms with E-state index in [-0.39, 0.29) is 5.91 Å². The smallest absolute Gasteiger partial charge is 0.228 e. The maximum absolute atomic E-state index is 12.4. The average molecular weight is 428 g/mol. The van der Waals surface area contributed by atoms with E-state index in [1.807, 2.05) is 74.6 Å². The molecule has 0 radical (unpaired) electrons. The Bertz CT molecular complexity index is 1220. The molecule has 4 rings (SSSR count). The Morgan fingerprint density at radius 1 is 1.03 bits per heavy atom. The molecule has 162 valence electrons. The number of nitrogens with zero attached hydrogens (tertiary/aromatic N) is 4. The minimum atomic E-state index is -0.0782. The van der Waals surface area contributed by atoms with Gasteiger partial charge in [-0.05, 0) is 61.4 Å². The first-order chi connectivity index (χ1) is 15.5. The number of benzene rings is 2. The summed E-state index contributed by atoms with van der Waals surface area (Å²) in [5.74, 6) is 2.72. The van der Waals surface area contributed by atoms with Crippen molar-refractivity contribution in [3.05, 3.63) is 83.9 Å². The first-order valence-electron chi connectivity index (χ1n) is 10.2. The van der Waals surface area contributed by atoms with Gasteiger partial charge >= 0.3 is 0 Å². The number of carbonyl (C=O) groups is 1. The van der Waals surface area contributed by atoms with E-state index in [0.717, 1.165) is 28.3 Å². The van der Waals surface area contributed by atoms with Crippen LogP contribution in [0.15, 0.2) is 67.0 Å². The Morgan fingerprint density at radius 2 is 1.81 bits per heavy atom. The zero-order valence-corrected chi connectivity index (χ0v) is 18.2. The Balaban J connectivity index is 1.39. The third-order valence-corrected chi connectivity index (χ3v) is 4.83. The first kappa shape index (κ1) is 21.0. The second kappa shape index (κ2) is 9.30. The monoisotopic (exact) mass is 428 g/mol. The van der Waals surface area contributed by atoms with Crippen LogP contribution in [0.25, 0.3) is 5.82 Å². The van der Waals surface area contributed by atoms with Crippen molar-refractivity contribution < 1.29 is 9.53 Å². The Hall–Kier alpha value is -4.20. The van der Waals surface area contributed by atoms with Gasteiger partial charge in [0.2, 0.25) is 5.91 Å². The van der Waals surface area contributed by atoms with E-state index < -0.39 is 0 Å². The minimum absolute atomic E-state index is 0.0782. The summed E-state index contributed by atoms with van der Waals surface area (Å²) in [6.45, 7) is 3.80. The molecule has 0 bridgehead atoms. The van der Waals surface area contributed by atoms with Crippen molar-refractivity contribution in [3.8, 4) is 11.6 Å². The van der Waals surface area contributed by atoms with Crippen LogP contribution in [0.2, 0.25) is 0 Å². The molecule has 0 spiro atoms. The molecule has 2 heterocycles. The van der Waals surface area contributed by atoms with Crippen LogP contribution in [-0.2, 0) is 11.2 Å². The number of anilines is 3. The molecule has 8 heteroatoms. The molecule has 0 saturated carbocycles. The van der Waals surface area contributed by atoms with Crippen molar-refractivity contribution in [2.24, 2.45) is 0 Å². The first-order valence-corrected chi connectivity index (χ1v) is 10.2. The molecule has 0 saturated heterocycles. The lowest BCUT2D eigenvalue weighted by Gasteiger charge is -2.11. The molecule has 4 aromatic rings. The quantitative estimate of drug-likeness (QED) is 0.458. The van der Waals surface area contributed by atoms with E-state index in [0.29, 0.717) is 23.9 Å². The second-order valence-electron chi connectivity index (χ2n) is 7.34. The van der Waals surface area contributed by atoms with Gasteiger partial charge in [0.25, 0.3) is 0 Å². The van der Waals surface area contributed by atoms with Crippen LogP contribution in [0.3, 0.4) is 0 Å². The van der Waals surface area contributed by atoms with E-state index in [4.69, 9.17) is 4.74 Å². The lowest BCUT2D eigenvalue weighted by Crippen LogP contribution is -2.14. The summed E-state index contributed by atoms with van der Waals surface area (Å²) in [4.78, 5) is 21.3. The number of rotatable bonds is 7. The van der Waals surface area contributed by atoms with Gasteiger partial charge in [0.05, 0.1) is 13.5 Å². The fourth-order valence-corrected chi connectivity index (χ4v) is 3.36. The predicted octanol–water partition coefficient (Wildman–Crippen LogP) is 4.21. The Kier molecular flexibility index (Phi) is 6.12. The minimum Gasteiger partial charge on any atom is -0.496 e. The van der Waals surface area contributed by atoms with Gasteiger partial charge in [-0.25, -0.2) is 14.6 Å². The summed E-state index contributed by atoms with van der Waals surface area (Å²) in [7, 11) is 1.64. The van der Waals surface area contributed by atoms with E-state index in [1.54, 1.807) is 18.0 Å². The summed E-state index contributed by atoms with van der Waals surface area (Å²) >= 11 is 0. The topological polar surface area (TPSA) is 94.0 Å². The van der Waals surface area contributed by atoms with E-state index >= 15 is 0 Å². The molecular formula is C24H24N6O2. The molecule has 2 aromatic heterocycles. The molecule has 0 aliphatic rings. The molecule has 2 N–H and O–H groups in total. The molecule has 0 aliphatic carbocycles. The van der Waals surface area contributed by atoms with Crippen LogP contribution in [0.4, 0.5) is 17.2 Å². The molecule has 0 aliphatic heterocycles. The molecule has 1 amide bonds. The highest BCUT2D eigenvalue weighted by Crippen LogP contribution is 2.21. The Morgan fingerprint density at radius 3 is 2.50 bits per heavy atom. The van der Waals surface area contributed by atoms with Crippen LogP contribution in [0.1, 0.15) is 17.0 Å².